The summed E-state index contributed by atoms with van der Waals surface area (Å²) in [5, 5.41) is 7.77. The van der Waals surface area contributed by atoms with Gasteiger partial charge < -0.3 is 5.32 Å². The van der Waals surface area contributed by atoms with Gasteiger partial charge in [0.15, 0.2) is 5.82 Å². The molecule has 3 rings (SSSR count). The molecule has 0 spiro atoms. The number of aryl methyl sites for hydroxylation is 3. The molecule has 0 aliphatic carbocycles. The molecule has 0 aliphatic heterocycles. The summed E-state index contributed by atoms with van der Waals surface area (Å²) in [4.78, 5) is 21.2. The van der Waals surface area contributed by atoms with Gasteiger partial charge in [-0.25, -0.2) is 9.50 Å². The number of hydrogen-bond acceptors (Lipinski definition) is 4. The van der Waals surface area contributed by atoms with Gasteiger partial charge in [-0.3, -0.25) is 4.79 Å². The summed E-state index contributed by atoms with van der Waals surface area (Å²) in [6.45, 7) is 5.80. The molecule has 1 N–H and O–H groups in total. The number of carbonyl (C=O) groups excluding carboxylic acids is 1. The molecule has 0 radical (unpaired) electrons. The monoisotopic (exact) mass is 343 g/mol. The van der Waals surface area contributed by atoms with Crippen molar-refractivity contribution in [3.8, 4) is 0 Å². The normalized spacial score (nSPS) is 11.0. The number of amides is 1. The largest absolute Gasteiger partial charge is 0.324 e. The molecule has 0 atom stereocenters. The van der Waals surface area contributed by atoms with E-state index in [1.54, 1.807) is 16.6 Å². The first kappa shape index (κ1) is 16.4. The van der Waals surface area contributed by atoms with Gasteiger partial charge in [-0.2, -0.15) is 4.98 Å². The fourth-order valence-electron chi connectivity index (χ4n) is 2.57. The number of carbonyl (C=O) groups is 1. The summed E-state index contributed by atoms with van der Waals surface area (Å²) in [5.74, 6) is 1.16. The zero-order chi connectivity index (χ0) is 17.3. The lowest BCUT2D eigenvalue weighted by atomic mass is 10.1. The van der Waals surface area contributed by atoms with Crippen LogP contribution in [-0.2, 0) is 17.6 Å². The summed E-state index contributed by atoms with van der Waals surface area (Å²) >= 11 is 6.08. The Balaban J connectivity index is 1.89. The molecule has 1 amide bonds. The molecule has 0 aliphatic rings. The molecule has 0 unspecified atom stereocenters. The van der Waals surface area contributed by atoms with Crippen molar-refractivity contribution in [1.82, 2.24) is 19.6 Å². The molecule has 6 nitrogen and oxygen atoms in total. The van der Waals surface area contributed by atoms with Gasteiger partial charge in [0.1, 0.15) is 0 Å². The van der Waals surface area contributed by atoms with Crippen molar-refractivity contribution < 1.29 is 4.79 Å². The van der Waals surface area contributed by atoms with E-state index >= 15 is 0 Å². The zero-order valence-corrected chi connectivity index (χ0v) is 14.6. The molecular formula is C17H18ClN5O. The van der Waals surface area contributed by atoms with E-state index in [-0.39, 0.29) is 12.3 Å². The second-order valence-corrected chi connectivity index (χ2v) is 5.97. The Bertz CT molecular complexity index is 919. The third kappa shape index (κ3) is 3.10. The second kappa shape index (κ2) is 6.57. The molecule has 7 heteroatoms. The smallest absolute Gasteiger partial charge is 0.252 e. The molecule has 3 aromatic rings. The summed E-state index contributed by atoms with van der Waals surface area (Å²) in [6, 6.07) is 7.16. The summed E-state index contributed by atoms with van der Waals surface area (Å²) in [6.07, 6.45) is 0.942. The summed E-state index contributed by atoms with van der Waals surface area (Å²) in [5.41, 5.74) is 3.10. The maximum atomic E-state index is 12.4. The van der Waals surface area contributed by atoms with Crippen LogP contribution in [-0.4, -0.2) is 25.5 Å². The number of hydrogen-bond donors (Lipinski definition) is 1. The number of aromatic nitrogens is 4. The van der Waals surface area contributed by atoms with Crippen LogP contribution >= 0.6 is 11.6 Å². The molecular weight excluding hydrogens is 326 g/mol. The molecule has 2 aromatic heterocycles. The van der Waals surface area contributed by atoms with Crippen LogP contribution in [0.5, 0.6) is 0 Å². The number of anilines is 1. The first-order valence-electron chi connectivity index (χ1n) is 7.75. The number of halogens is 1. The molecule has 1 aromatic carbocycles. The molecule has 0 saturated heterocycles. The highest BCUT2D eigenvalue weighted by Gasteiger charge is 2.16. The Morgan fingerprint density at radius 1 is 1.25 bits per heavy atom. The molecule has 2 heterocycles. The maximum Gasteiger partial charge on any atom is 0.252 e. The number of nitrogens with one attached hydrogen (secondary N) is 1. The minimum Gasteiger partial charge on any atom is -0.324 e. The molecule has 0 bridgehead atoms. The van der Waals surface area contributed by atoms with Gasteiger partial charge in [0, 0.05) is 23.4 Å². The van der Waals surface area contributed by atoms with E-state index in [9.17, 15) is 4.79 Å². The van der Waals surface area contributed by atoms with Gasteiger partial charge in [-0.15, -0.1) is 5.10 Å². The van der Waals surface area contributed by atoms with E-state index in [0.29, 0.717) is 16.5 Å². The van der Waals surface area contributed by atoms with Crippen molar-refractivity contribution in [2.45, 2.75) is 33.6 Å². The van der Waals surface area contributed by atoms with Crippen LogP contribution in [0, 0.1) is 13.8 Å². The molecule has 0 saturated carbocycles. The van der Waals surface area contributed by atoms with E-state index < -0.39 is 0 Å². The second-order valence-electron chi connectivity index (χ2n) is 5.56. The molecule has 24 heavy (non-hydrogen) atoms. The third-order valence-corrected chi connectivity index (χ3v) is 4.22. The number of para-hydroxylation sites is 1. The van der Waals surface area contributed by atoms with Crippen molar-refractivity contribution in [3.63, 3.8) is 0 Å². The predicted octanol–water partition coefficient (Wildman–Crippen LogP) is 3.14. The topological polar surface area (TPSA) is 72.2 Å². The zero-order valence-electron chi connectivity index (χ0n) is 13.8. The van der Waals surface area contributed by atoms with Crippen LogP contribution in [0.15, 0.2) is 24.3 Å². The Hall–Kier alpha value is -2.47. The van der Waals surface area contributed by atoms with Crippen LogP contribution in [0.2, 0.25) is 5.02 Å². The fourth-order valence-corrected chi connectivity index (χ4v) is 2.76. The van der Waals surface area contributed by atoms with E-state index in [2.05, 4.69) is 20.4 Å². The quantitative estimate of drug-likeness (QED) is 0.790. The highest BCUT2D eigenvalue weighted by atomic mass is 35.5. The SMILES string of the molecule is CCc1nc2nc(C)c(CC(=O)Nc3ccccc3Cl)c(C)n2n1. The Kier molecular flexibility index (Phi) is 4.49. The third-order valence-electron chi connectivity index (χ3n) is 3.89. The Labute approximate surface area is 144 Å². The van der Waals surface area contributed by atoms with E-state index in [4.69, 9.17) is 11.6 Å². The highest BCUT2D eigenvalue weighted by Crippen LogP contribution is 2.21. The van der Waals surface area contributed by atoms with Crippen molar-refractivity contribution >= 4 is 29.0 Å². The standard InChI is InChI=1S/C17H18ClN5O/c1-4-15-21-17-19-10(2)12(11(3)23(17)22-15)9-16(24)20-14-8-6-5-7-13(14)18/h5-8H,4,9H2,1-3H3,(H,20,24). The van der Waals surface area contributed by atoms with Gasteiger partial charge in [0.2, 0.25) is 5.91 Å². The number of nitrogens with zero attached hydrogens (tertiary/aromatic N) is 4. The van der Waals surface area contributed by atoms with E-state index in [1.165, 1.54) is 0 Å². The van der Waals surface area contributed by atoms with Crippen LogP contribution < -0.4 is 5.32 Å². The molecule has 0 fully saturated rings. The first-order chi connectivity index (χ1) is 11.5. The lowest BCUT2D eigenvalue weighted by Gasteiger charge is -2.11. The average molecular weight is 344 g/mol. The highest BCUT2D eigenvalue weighted by molar-refractivity contribution is 6.33. The van der Waals surface area contributed by atoms with E-state index in [0.717, 1.165) is 29.2 Å². The lowest BCUT2D eigenvalue weighted by Crippen LogP contribution is -2.18. The van der Waals surface area contributed by atoms with Gasteiger partial charge in [0.25, 0.3) is 5.78 Å². The van der Waals surface area contributed by atoms with Gasteiger partial charge in [-0.1, -0.05) is 30.7 Å². The Morgan fingerprint density at radius 3 is 2.71 bits per heavy atom. The van der Waals surface area contributed by atoms with Gasteiger partial charge >= 0.3 is 0 Å². The van der Waals surface area contributed by atoms with Crippen molar-refractivity contribution in [2.75, 3.05) is 5.32 Å². The van der Waals surface area contributed by atoms with Crippen LogP contribution in [0.3, 0.4) is 0 Å². The van der Waals surface area contributed by atoms with Gasteiger partial charge in [-0.05, 0) is 26.0 Å². The van der Waals surface area contributed by atoms with Crippen molar-refractivity contribution in [1.29, 1.82) is 0 Å². The van der Waals surface area contributed by atoms with Crippen LogP contribution in [0.25, 0.3) is 5.78 Å². The number of rotatable bonds is 4. The predicted molar refractivity (Wildman–Crippen MR) is 93.4 cm³/mol. The van der Waals surface area contributed by atoms with E-state index in [1.807, 2.05) is 32.9 Å². The minimum absolute atomic E-state index is 0.147. The number of benzene rings is 1. The average Bonchev–Trinajstić information content (AvgIpc) is 2.97. The van der Waals surface area contributed by atoms with Crippen molar-refractivity contribution in [3.05, 3.63) is 52.1 Å². The Morgan fingerprint density at radius 2 is 2.00 bits per heavy atom. The maximum absolute atomic E-state index is 12.4. The summed E-state index contributed by atoms with van der Waals surface area (Å²) < 4.78 is 1.70. The lowest BCUT2D eigenvalue weighted by molar-refractivity contribution is -0.115. The number of fused-ring (bicyclic) bond motifs is 1. The van der Waals surface area contributed by atoms with Crippen LogP contribution in [0.1, 0.15) is 29.7 Å². The van der Waals surface area contributed by atoms with Gasteiger partial charge in [0.05, 0.1) is 17.1 Å². The van der Waals surface area contributed by atoms with Crippen molar-refractivity contribution in [2.24, 2.45) is 0 Å². The minimum atomic E-state index is -0.147. The fraction of sp³-hybridized carbons (Fsp3) is 0.294. The molecule has 124 valence electrons. The summed E-state index contributed by atoms with van der Waals surface area (Å²) in [7, 11) is 0. The van der Waals surface area contributed by atoms with Crippen LogP contribution in [0.4, 0.5) is 5.69 Å². The first-order valence-corrected chi connectivity index (χ1v) is 8.13.